The number of hydrogen-bond acceptors (Lipinski definition) is 4. The second-order valence-electron chi connectivity index (χ2n) is 4.88. The van der Waals surface area contributed by atoms with E-state index in [1.54, 1.807) is 42.5 Å². The molecule has 1 aliphatic heterocycles. The first kappa shape index (κ1) is 14.5. The molecule has 6 nitrogen and oxygen atoms in total. The van der Waals surface area contributed by atoms with E-state index in [-0.39, 0.29) is 11.3 Å². The number of barbiturate groups is 1. The first-order valence-corrected chi connectivity index (χ1v) is 6.82. The number of imide groups is 2. The van der Waals surface area contributed by atoms with E-state index in [9.17, 15) is 19.5 Å². The van der Waals surface area contributed by atoms with E-state index >= 15 is 0 Å². The predicted molar refractivity (Wildman–Crippen MR) is 83.6 cm³/mol. The summed E-state index contributed by atoms with van der Waals surface area (Å²) in [5.74, 6) is -1.37. The summed E-state index contributed by atoms with van der Waals surface area (Å²) in [6, 6.07) is 13.6. The van der Waals surface area contributed by atoms with Crippen LogP contribution in [0.5, 0.6) is 5.75 Å². The van der Waals surface area contributed by atoms with Gasteiger partial charge in [-0.15, -0.1) is 0 Å². The van der Waals surface area contributed by atoms with Crippen molar-refractivity contribution in [3.8, 4) is 5.75 Å². The molecule has 2 aromatic carbocycles. The summed E-state index contributed by atoms with van der Waals surface area (Å²) in [7, 11) is 0. The minimum absolute atomic E-state index is 0.0765. The smallest absolute Gasteiger partial charge is 0.335 e. The van der Waals surface area contributed by atoms with Crippen molar-refractivity contribution in [2.45, 2.75) is 0 Å². The lowest BCUT2D eigenvalue weighted by Crippen LogP contribution is -2.54. The Hall–Kier alpha value is -3.41. The van der Waals surface area contributed by atoms with Gasteiger partial charge in [0.1, 0.15) is 11.3 Å². The number of anilines is 1. The van der Waals surface area contributed by atoms with Crippen molar-refractivity contribution in [1.82, 2.24) is 5.32 Å². The molecule has 0 atom stereocenters. The fourth-order valence-corrected chi connectivity index (χ4v) is 2.21. The number of carbonyl (C=O) groups is 3. The fraction of sp³-hybridized carbons (Fsp3) is 0. The maximum absolute atomic E-state index is 12.5. The average molecular weight is 308 g/mol. The highest BCUT2D eigenvalue weighted by Gasteiger charge is 2.36. The Bertz CT molecular complexity index is 810. The maximum Gasteiger partial charge on any atom is 0.335 e. The van der Waals surface area contributed by atoms with Crippen molar-refractivity contribution in [2.24, 2.45) is 0 Å². The number of hydrogen-bond donors (Lipinski definition) is 2. The van der Waals surface area contributed by atoms with Crippen LogP contribution in [-0.4, -0.2) is 23.0 Å². The van der Waals surface area contributed by atoms with E-state index in [0.29, 0.717) is 11.3 Å². The van der Waals surface area contributed by atoms with Gasteiger partial charge in [-0.05, 0) is 35.9 Å². The molecule has 0 aromatic heterocycles. The summed E-state index contributed by atoms with van der Waals surface area (Å²) in [5, 5.41) is 11.4. The Morgan fingerprint density at radius 1 is 0.913 bits per heavy atom. The lowest BCUT2D eigenvalue weighted by Gasteiger charge is -2.26. The second kappa shape index (κ2) is 5.76. The molecule has 0 aliphatic carbocycles. The van der Waals surface area contributed by atoms with Crippen LogP contribution >= 0.6 is 0 Å². The quantitative estimate of drug-likeness (QED) is 0.657. The maximum atomic E-state index is 12.5. The number of nitrogens with one attached hydrogen (secondary N) is 1. The standard InChI is InChI=1S/C17H12N2O4/c20-13-8-6-11(7-9-13)10-14-15(21)18-17(23)19(16(14)22)12-4-2-1-3-5-12/h1-10,20H,(H,18,21,23)/b14-10+. The molecule has 23 heavy (non-hydrogen) atoms. The summed E-state index contributed by atoms with van der Waals surface area (Å²) >= 11 is 0. The number of urea groups is 1. The lowest BCUT2D eigenvalue weighted by molar-refractivity contribution is -0.122. The number of phenols is 1. The number of benzene rings is 2. The highest BCUT2D eigenvalue weighted by Crippen LogP contribution is 2.21. The van der Waals surface area contributed by atoms with Gasteiger partial charge in [0.05, 0.1) is 5.69 Å². The van der Waals surface area contributed by atoms with Crippen LogP contribution in [-0.2, 0) is 9.59 Å². The molecular formula is C17H12N2O4. The van der Waals surface area contributed by atoms with Crippen molar-refractivity contribution in [1.29, 1.82) is 0 Å². The number of amides is 4. The van der Waals surface area contributed by atoms with Crippen LogP contribution in [0.1, 0.15) is 5.56 Å². The second-order valence-corrected chi connectivity index (χ2v) is 4.88. The van der Waals surface area contributed by atoms with Crippen molar-refractivity contribution >= 4 is 29.6 Å². The first-order valence-electron chi connectivity index (χ1n) is 6.82. The summed E-state index contributed by atoms with van der Waals surface area (Å²) < 4.78 is 0. The highest BCUT2D eigenvalue weighted by atomic mass is 16.3. The van der Waals surface area contributed by atoms with E-state index in [1.807, 2.05) is 0 Å². The normalized spacial score (nSPS) is 16.6. The number of aromatic hydroxyl groups is 1. The van der Waals surface area contributed by atoms with Gasteiger partial charge in [0.15, 0.2) is 0 Å². The van der Waals surface area contributed by atoms with Crippen LogP contribution in [0.25, 0.3) is 6.08 Å². The van der Waals surface area contributed by atoms with Gasteiger partial charge >= 0.3 is 6.03 Å². The zero-order valence-corrected chi connectivity index (χ0v) is 11.9. The van der Waals surface area contributed by atoms with Gasteiger partial charge in [0.25, 0.3) is 11.8 Å². The van der Waals surface area contributed by atoms with E-state index in [1.165, 1.54) is 18.2 Å². The Morgan fingerprint density at radius 3 is 2.22 bits per heavy atom. The molecule has 1 aliphatic rings. The largest absolute Gasteiger partial charge is 0.508 e. The Balaban J connectivity index is 2.00. The van der Waals surface area contributed by atoms with Crippen molar-refractivity contribution in [3.05, 3.63) is 65.7 Å². The fourth-order valence-electron chi connectivity index (χ4n) is 2.21. The van der Waals surface area contributed by atoms with Crippen molar-refractivity contribution in [2.75, 3.05) is 4.90 Å². The van der Waals surface area contributed by atoms with E-state index in [2.05, 4.69) is 5.32 Å². The lowest BCUT2D eigenvalue weighted by atomic mass is 10.1. The predicted octanol–water partition coefficient (Wildman–Crippen LogP) is 2.06. The van der Waals surface area contributed by atoms with Gasteiger partial charge in [0.2, 0.25) is 0 Å². The van der Waals surface area contributed by atoms with Gasteiger partial charge < -0.3 is 5.11 Å². The minimum atomic E-state index is -0.783. The molecule has 0 spiro atoms. The number of rotatable bonds is 2. The molecule has 114 valence electrons. The minimum Gasteiger partial charge on any atom is -0.508 e. The topological polar surface area (TPSA) is 86.7 Å². The molecule has 6 heteroatoms. The molecule has 0 bridgehead atoms. The molecule has 0 saturated carbocycles. The van der Waals surface area contributed by atoms with Crippen LogP contribution in [0.4, 0.5) is 10.5 Å². The number of para-hydroxylation sites is 1. The van der Waals surface area contributed by atoms with E-state index < -0.39 is 17.8 Å². The van der Waals surface area contributed by atoms with Crippen LogP contribution < -0.4 is 10.2 Å². The van der Waals surface area contributed by atoms with Gasteiger partial charge in [-0.1, -0.05) is 30.3 Å². The monoisotopic (exact) mass is 308 g/mol. The van der Waals surface area contributed by atoms with Gasteiger partial charge in [-0.25, -0.2) is 9.69 Å². The SMILES string of the molecule is O=C1NC(=O)N(c2ccccc2)C(=O)/C1=C/c1ccc(O)cc1. The Kier molecular flexibility index (Phi) is 3.64. The summed E-state index contributed by atoms with van der Waals surface area (Å²) in [5.41, 5.74) is 0.780. The molecule has 1 saturated heterocycles. The Labute approximate surface area is 131 Å². The molecule has 1 heterocycles. The van der Waals surface area contributed by atoms with Crippen LogP contribution in [0.3, 0.4) is 0 Å². The van der Waals surface area contributed by atoms with Gasteiger partial charge in [-0.3, -0.25) is 14.9 Å². The molecule has 0 radical (unpaired) electrons. The van der Waals surface area contributed by atoms with Crippen molar-refractivity contribution < 1.29 is 19.5 Å². The molecule has 2 N–H and O–H groups in total. The third-order valence-electron chi connectivity index (χ3n) is 3.32. The van der Waals surface area contributed by atoms with Crippen LogP contribution in [0.15, 0.2) is 60.2 Å². The Morgan fingerprint density at radius 2 is 1.57 bits per heavy atom. The summed E-state index contributed by atoms with van der Waals surface area (Å²) in [4.78, 5) is 37.4. The first-order chi connectivity index (χ1) is 11.1. The zero-order valence-electron chi connectivity index (χ0n) is 11.9. The molecular weight excluding hydrogens is 296 g/mol. The highest BCUT2D eigenvalue weighted by molar-refractivity contribution is 6.39. The number of nitrogens with zero attached hydrogens (tertiary/aromatic N) is 1. The summed E-state index contributed by atoms with van der Waals surface area (Å²) in [6.45, 7) is 0. The molecule has 2 aromatic rings. The van der Waals surface area contributed by atoms with Gasteiger partial charge in [-0.2, -0.15) is 0 Å². The molecule has 0 unspecified atom stereocenters. The molecule has 1 fully saturated rings. The molecule has 4 amide bonds. The average Bonchev–Trinajstić information content (AvgIpc) is 2.54. The van der Waals surface area contributed by atoms with Crippen LogP contribution in [0.2, 0.25) is 0 Å². The number of phenolic OH excluding ortho intramolecular Hbond substituents is 1. The van der Waals surface area contributed by atoms with Crippen LogP contribution in [0, 0.1) is 0 Å². The third-order valence-corrected chi connectivity index (χ3v) is 3.32. The number of carbonyl (C=O) groups excluding carboxylic acids is 3. The summed E-state index contributed by atoms with van der Waals surface area (Å²) in [6.07, 6.45) is 1.37. The van der Waals surface area contributed by atoms with E-state index in [4.69, 9.17) is 0 Å². The van der Waals surface area contributed by atoms with Gasteiger partial charge in [0, 0.05) is 0 Å². The van der Waals surface area contributed by atoms with E-state index in [0.717, 1.165) is 4.90 Å². The zero-order chi connectivity index (χ0) is 16.4. The molecule has 3 rings (SSSR count). The third kappa shape index (κ3) is 2.82. The van der Waals surface area contributed by atoms with Crippen molar-refractivity contribution in [3.63, 3.8) is 0 Å².